The summed E-state index contributed by atoms with van der Waals surface area (Å²) in [4.78, 5) is 22.6. The molecular formula is C14H18FNO3. The number of hydrogen-bond donors (Lipinski definition) is 1. The minimum Gasteiger partial charge on any atom is -0.477 e. The molecule has 1 amide bonds. The fourth-order valence-electron chi connectivity index (χ4n) is 1.44. The monoisotopic (exact) mass is 267 g/mol. The molecule has 1 rings (SSSR count). The van der Waals surface area contributed by atoms with Crippen molar-refractivity contribution < 1.29 is 18.7 Å². The van der Waals surface area contributed by atoms with Crippen LogP contribution in [0.2, 0.25) is 0 Å². The second-order valence-corrected chi connectivity index (χ2v) is 4.35. The molecule has 1 aromatic carbocycles. The van der Waals surface area contributed by atoms with Gasteiger partial charge in [-0.05, 0) is 32.4 Å². The number of carbonyl (C=O) groups is 2. The summed E-state index contributed by atoms with van der Waals surface area (Å²) in [5.74, 6) is -1.19. The average Bonchev–Trinajstić information content (AvgIpc) is 2.40. The quantitative estimate of drug-likeness (QED) is 0.805. The molecular weight excluding hydrogens is 249 g/mol. The maximum absolute atomic E-state index is 13.6. The third kappa shape index (κ3) is 4.05. The van der Waals surface area contributed by atoms with Crippen LogP contribution in [0.3, 0.4) is 0 Å². The lowest BCUT2D eigenvalue weighted by molar-refractivity contribution is -0.128. The molecule has 2 atom stereocenters. The van der Waals surface area contributed by atoms with E-state index in [1.807, 2.05) is 13.8 Å². The number of ether oxygens (including phenoxy) is 1. The molecule has 19 heavy (non-hydrogen) atoms. The molecule has 4 nitrogen and oxygen atoms in total. The van der Waals surface area contributed by atoms with Gasteiger partial charge in [0.1, 0.15) is 0 Å². The molecule has 0 radical (unpaired) electrons. The van der Waals surface area contributed by atoms with Gasteiger partial charge in [0, 0.05) is 6.04 Å². The standard InChI is InChI=1S/C14H18FNO3/c1-4-9(2)16-14(18)10(3)19-13-11(8-17)6-5-7-12(13)15/h5-10H,4H2,1-3H3,(H,16,18). The van der Waals surface area contributed by atoms with E-state index in [4.69, 9.17) is 4.74 Å². The van der Waals surface area contributed by atoms with Crippen LogP contribution in [0.25, 0.3) is 0 Å². The molecule has 0 spiro atoms. The van der Waals surface area contributed by atoms with Gasteiger partial charge in [-0.2, -0.15) is 0 Å². The van der Waals surface area contributed by atoms with E-state index < -0.39 is 11.9 Å². The van der Waals surface area contributed by atoms with Gasteiger partial charge in [-0.1, -0.05) is 13.0 Å². The van der Waals surface area contributed by atoms with Gasteiger partial charge >= 0.3 is 0 Å². The number of rotatable bonds is 6. The first-order valence-electron chi connectivity index (χ1n) is 6.20. The molecule has 2 unspecified atom stereocenters. The number of nitrogens with one attached hydrogen (secondary N) is 1. The van der Waals surface area contributed by atoms with Crippen molar-refractivity contribution in [3.8, 4) is 5.75 Å². The van der Waals surface area contributed by atoms with E-state index in [1.54, 1.807) is 0 Å². The van der Waals surface area contributed by atoms with E-state index in [0.717, 1.165) is 6.42 Å². The first-order chi connectivity index (χ1) is 8.99. The zero-order valence-corrected chi connectivity index (χ0v) is 11.3. The lowest BCUT2D eigenvalue weighted by Crippen LogP contribution is -2.41. The Hall–Kier alpha value is -1.91. The van der Waals surface area contributed by atoms with Crippen molar-refractivity contribution in [1.29, 1.82) is 0 Å². The number of benzene rings is 1. The molecule has 0 heterocycles. The summed E-state index contributed by atoms with van der Waals surface area (Å²) in [5, 5.41) is 2.73. The fourth-order valence-corrected chi connectivity index (χ4v) is 1.44. The predicted octanol–water partition coefficient (Wildman–Crippen LogP) is 2.32. The van der Waals surface area contributed by atoms with Crippen LogP contribution in [0.5, 0.6) is 5.75 Å². The Morgan fingerprint density at radius 2 is 2.16 bits per heavy atom. The van der Waals surface area contributed by atoms with Gasteiger partial charge in [0.15, 0.2) is 24.0 Å². The predicted molar refractivity (Wildman–Crippen MR) is 69.8 cm³/mol. The largest absolute Gasteiger partial charge is 0.477 e. The molecule has 0 bridgehead atoms. The first kappa shape index (κ1) is 15.1. The molecule has 5 heteroatoms. The van der Waals surface area contributed by atoms with Crippen molar-refractivity contribution in [3.05, 3.63) is 29.6 Å². The van der Waals surface area contributed by atoms with Gasteiger partial charge in [0.05, 0.1) is 5.56 Å². The number of aldehydes is 1. The van der Waals surface area contributed by atoms with E-state index in [0.29, 0.717) is 6.29 Å². The zero-order chi connectivity index (χ0) is 14.4. The number of amides is 1. The van der Waals surface area contributed by atoms with Gasteiger partial charge in [0.2, 0.25) is 0 Å². The van der Waals surface area contributed by atoms with Crippen LogP contribution in [0.15, 0.2) is 18.2 Å². The Morgan fingerprint density at radius 3 is 2.74 bits per heavy atom. The molecule has 1 aromatic rings. The summed E-state index contributed by atoms with van der Waals surface area (Å²) >= 11 is 0. The highest BCUT2D eigenvalue weighted by Gasteiger charge is 2.19. The van der Waals surface area contributed by atoms with Crippen LogP contribution in [0.4, 0.5) is 4.39 Å². The van der Waals surface area contributed by atoms with E-state index in [2.05, 4.69) is 5.32 Å². The lowest BCUT2D eigenvalue weighted by Gasteiger charge is -2.18. The zero-order valence-electron chi connectivity index (χ0n) is 11.3. The minimum atomic E-state index is -0.871. The number of halogens is 1. The maximum atomic E-state index is 13.6. The normalized spacial score (nSPS) is 13.5. The third-order valence-corrected chi connectivity index (χ3v) is 2.79. The molecule has 0 fully saturated rings. The summed E-state index contributed by atoms with van der Waals surface area (Å²) in [6.45, 7) is 5.32. The van der Waals surface area contributed by atoms with Crippen molar-refractivity contribution in [2.24, 2.45) is 0 Å². The van der Waals surface area contributed by atoms with E-state index in [-0.39, 0.29) is 23.3 Å². The van der Waals surface area contributed by atoms with Gasteiger partial charge in [-0.25, -0.2) is 4.39 Å². The number of para-hydroxylation sites is 1. The van der Waals surface area contributed by atoms with Crippen LogP contribution >= 0.6 is 0 Å². The summed E-state index contributed by atoms with van der Waals surface area (Å²) in [6.07, 6.45) is 0.416. The molecule has 0 aromatic heterocycles. The molecule has 0 aliphatic heterocycles. The molecule has 0 saturated heterocycles. The van der Waals surface area contributed by atoms with Gasteiger partial charge in [-0.15, -0.1) is 0 Å². The summed E-state index contributed by atoms with van der Waals surface area (Å²) in [6, 6.07) is 4.05. The molecule has 0 aliphatic rings. The molecule has 104 valence electrons. The van der Waals surface area contributed by atoms with E-state index in [9.17, 15) is 14.0 Å². The Kier molecular flexibility index (Phi) is 5.48. The molecule has 0 aliphatic carbocycles. The second kappa shape index (κ2) is 6.87. The highest BCUT2D eigenvalue weighted by Crippen LogP contribution is 2.22. The van der Waals surface area contributed by atoms with Crippen LogP contribution in [0, 0.1) is 5.82 Å². The topological polar surface area (TPSA) is 55.4 Å². The second-order valence-electron chi connectivity index (χ2n) is 4.35. The van der Waals surface area contributed by atoms with Crippen molar-refractivity contribution in [2.75, 3.05) is 0 Å². The molecule has 0 saturated carbocycles. The lowest BCUT2D eigenvalue weighted by atomic mass is 10.2. The van der Waals surface area contributed by atoms with Gasteiger partial charge in [0.25, 0.3) is 5.91 Å². The summed E-state index contributed by atoms with van der Waals surface area (Å²) in [5.41, 5.74) is 0.0863. The highest BCUT2D eigenvalue weighted by atomic mass is 19.1. The fraction of sp³-hybridized carbons (Fsp3) is 0.429. The van der Waals surface area contributed by atoms with Gasteiger partial charge < -0.3 is 10.1 Å². The number of hydrogen-bond acceptors (Lipinski definition) is 3. The Morgan fingerprint density at radius 1 is 1.47 bits per heavy atom. The van der Waals surface area contributed by atoms with Crippen LogP contribution in [0.1, 0.15) is 37.6 Å². The third-order valence-electron chi connectivity index (χ3n) is 2.79. The van der Waals surface area contributed by atoms with Crippen LogP contribution in [-0.4, -0.2) is 24.3 Å². The SMILES string of the molecule is CCC(C)NC(=O)C(C)Oc1c(F)cccc1C=O. The minimum absolute atomic E-state index is 0.0183. The van der Waals surface area contributed by atoms with Crippen LogP contribution in [-0.2, 0) is 4.79 Å². The first-order valence-corrected chi connectivity index (χ1v) is 6.20. The van der Waals surface area contributed by atoms with Crippen molar-refractivity contribution in [3.63, 3.8) is 0 Å². The van der Waals surface area contributed by atoms with Gasteiger partial charge in [-0.3, -0.25) is 9.59 Å². The average molecular weight is 267 g/mol. The Labute approximate surface area is 112 Å². The highest BCUT2D eigenvalue weighted by molar-refractivity contribution is 5.82. The molecule has 1 N–H and O–H groups in total. The van der Waals surface area contributed by atoms with Crippen molar-refractivity contribution in [2.45, 2.75) is 39.3 Å². The Balaban J connectivity index is 2.79. The van der Waals surface area contributed by atoms with E-state index in [1.165, 1.54) is 25.1 Å². The van der Waals surface area contributed by atoms with Crippen molar-refractivity contribution >= 4 is 12.2 Å². The van der Waals surface area contributed by atoms with Crippen molar-refractivity contribution in [1.82, 2.24) is 5.32 Å². The maximum Gasteiger partial charge on any atom is 0.260 e. The Bertz CT molecular complexity index is 462. The van der Waals surface area contributed by atoms with E-state index >= 15 is 0 Å². The summed E-state index contributed by atoms with van der Waals surface area (Å²) in [7, 11) is 0. The smallest absolute Gasteiger partial charge is 0.260 e. The summed E-state index contributed by atoms with van der Waals surface area (Å²) < 4.78 is 18.8. The number of carbonyl (C=O) groups excluding carboxylic acids is 2. The van der Waals surface area contributed by atoms with Crippen LogP contribution < -0.4 is 10.1 Å².